The highest BCUT2D eigenvalue weighted by Gasteiger charge is 2.17. The number of rotatable bonds is 6. The number of hydrogen-bond donors (Lipinski definition) is 2. The summed E-state index contributed by atoms with van der Waals surface area (Å²) in [7, 11) is 1.56. The topological polar surface area (TPSA) is 102 Å². The fourth-order valence-electron chi connectivity index (χ4n) is 2.64. The summed E-state index contributed by atoms with van der Waals surface area (Å²) in [4.78, 5) is 29.6. The van der Waals surface area contributed by atoms with Gasteiger partial charge in [-0.05, 0) is 6.07 Å². The van der Waals surface area contributed by atoms with Gasteiger partial charge in [-0.15, -0.1) is 5.10 Å². The number of hydrogen-bond acceptors (Lipinski definition) is 5. The van der Waals surface area contributed by atoms with E-state index in [0.717, 1.165) is 0 Å². The van der Waals surface area contributed by atoms with Gasteiger partial charge >= 0.3 is 0 Å². The molecule has 136 valence electrons. The molecule has 0 aliphatic rings. The van der Waals surface area contributed by atoms with Gasteiger partial charge in [-0.3, -0.25) is 20.0 Å². The predicted molar refractivity (Wildman–Crippen MR) is 98.5 cm³/mol. The van der Waals surface area contributed by atoms with Crippen LogP contribution in [-0.2, 0) is 11.3 Å². The van der Waals surface area contributed by atoms with Crippen LogP contribution in [0.3, 0.4) is 0 Å². The molecule has 1 aromatic carbocycles. The molecule has 0 bridgehead atoms. The zero-order valence-electron chi connectivity index (χ0n) is 14.9. The van der Waals surface area contributed by atoms with Crippen LogP contribution in [0.4, 0.5) is 5.95 Å². The zero-order valence-corrected chi connectivity index (χ0v) is 14.9. The van der Waals surface area contributed by atoms with E-state index in [0.29, 0.717) is 35.3 Å². The van der Waals surface area contributed by atoms with Crippen molar-refractivity contribution in [2.75, 3.05) is 19.0 Å². The van der Waals surface area contributed by atoms with E-state index in [9.17, 15) is 9.59 Å². The van der Waals surface area contributed by atoms with Crippen LogP contribution < -0.4 is 10.9 Å². The summed E-state index contributed by atoms with van der Waals surface area (Å²) in [5, 5.41) is 10.6. The number of amides is 1. The number of pyridine rings is 1. The Bertz CT molecular complexity index is 990. The molecule has 3 aromatic rings. The van der Waals surface area contributed by atoms with Crippen LogP contribution in [0.15, 0.2) is 35.3 Å². The highest BCUT2D eigenvalue weighted by Crippen LogP contribution is 2.17. The summed E-state index contributed by atoms with van der Waals surface area (Å²) in [5.74, 6) is 0.694. The van der Waals surface area contributed by atoms with Crippen molar-refractivity contribution in [2.45, 2.75) is 26.3 Å². The van der Waals surface area contributed by atoms with E-state index in [1.807, 2.05) is 13.8 Å². The van der Waals surface area contributed by atoms with Gasteiger partial charge in [-0.25, -0.2) is 0 Å². The summed E-state index contributed by atoms with van der Waals surface area (Å²) in [6.45, 7) is 4.69. The maximum atomic E-state index is 12.8. The van der Waals surface area contributed by atoms with E-state index in [-0.39, 0.29) is 23.3 Å². The number of ether oxygens (including phenoxy) is 1. The van der Waals surface area contributed by atoms with Crippen molar-refractivity contribution in [3.8, 4) is 0 Å². The summed E-state index contributed by atoms with van der Waals surface area (Å²) in [5.41, 5.74) is 0.224. The van der Waals surface area contributed by atoms with Crippen molar-refractivity contribution < 1.29 is 9.53 Å². The number of fused-ring (bicyclic) bond motifs is 1. The number of aromatic nitrogens is 4. The Labute approximate surface area is 150 Å². The maximum Gasteiger partial charge on any atom is 0.260 e. The SMILES string of the molecule is COCCn1cc(C(=O)Nc2n[nH]c(C(C)C)n2)c2ccccc2c1=O. The maximum absolute atomic E-state index is 12.8. The van der Waals surface area contributed by atoms with Gasteiger partial charge in [-0.2, -0.15) is 4.98 Å². The lowest BCUT2D eigenvalue weighted by Crippen LogP contribution is -2.25. The summed E-state index contributed by atoms with van der Waals surface area (Å²) < 4.78 is 6.53. The van der Waals surface area contributed by atoms with Crippen molar-refractivity contribution in [3.05, 3.63) is 52.2 Å². The van der Waals surface area contributed by atoms with Gasteiger partial charge in [0.25, 0.3) is 11.5 Å². The fourth-order valence-corrected chi connectivity index (χ4v) is 2.64. The van der Waals surface area contributed by atoms with Crippen molar-refractivity contribution >= 4 is 22.6 Å². The van der Waals surface area contributed by atoms with Crippen molar-refractivity contribution in [1.82, 2.24) is 19.7 Å². The van der Waals surface area contributed by atoms with Crippen molar-refractivity contribution in [1.29, 1.82) is 0 Å². The van der Waals surface area contributed by atoms with Crippen LogP contribution in [0.25, 0.3) is 10.8 Å². The minimum absolute atomic E-state index is 0.158. The number of anilines is 1. The first-order chi connectivity index (χ1) is 12.5. The summed E-state index contributed by atoms with van der Waals surface area (Å²) >= 11 is 0. The highest BCUT2D eigenvalue weighted by molar-refractivity contribution is 6.12. The van der Waals surface area contributed by atoms with E-state index in [1.54, 1.807) is 37.6 Å². The Kier molecular flexibility index (Phi) is 5.13. The molecule has 0 saturated carbocycles. The smallest absolute Gasteiger partial charge is 0.260 e. The van der Waals surface area contributed by atoms with Crippen LogP contribution in [0, 0.1) is 0 Å². The minimum atomic E-state index is -0.373. The van der Waals surface area contributed by atoms with Gasteiger partial charge in [-0.1, -0.05) is 32.0 Å². The molecule has 8 nitrogen and oxygen atoms in total. The van der Waals surface area contributed by atoms with Crippen LogP contribution in [0.1, 0.15) is 35.9 Å². The number of nitrogens with one attached hydrogen (secondary N) is 2. The normalized spacial score (nSPS) is 11.2. The molecule has 0 aliphatic carbocycles. The second kappa shape index (κ2) is 7.49. The lowest BCUT2D eigenvalue weighted by molar-refractivity contribution is 0.102. The van der Waals surface area contributed by atoms with Gasteiger partial charge in [0, 0.05) is 36.5 Å². The summed E-state index contributed by atoms with van der Waals surface area (Å²) in [6, 6.07) is 7.03. The van der Waals surface area contributed by atoms with Gasteiger partial charge < -0.3 is 9.30 Å². The number of nitrogens with zero attached hydrogens (tertiary/aromatic N) is 3. The molecule has 0 saturated heterocycles. The van der Waals surface area contributed by atoms with Gasteiger partial charge in [0.2, 0.25) is 5.95 Å². The number of carbonyl (C=O) groups is 1. The van der Waals surface area contributed by atoms with Crippen molar-refractivity contribution in [2.24, 2.45) is 0 Å². The summed E-state index contributed by atoms with van der Waals surface area (Å²) in [6.07, 6.45) is 1.55. The highest BCUT2D eigenvalue weighted by atomic mass is 16.5. The van der Waals surface area contributed by atoms with E-state index in [1.165, 1.54) is 4.57 Å². The molecular weight excluding hydrogens is 334 g/mol. The van der Waals surface area contributed by atoms with E-state index in [2.05, 4.69) is 20.5 Å². The average molecular weight is 355 g/mol. The first kappa shape index (κ1) is 17.8. The van der Waals surface area contributed by atoms with Crippen LogP contribution in [0.2, 0.25) is 0 Å². The van der Waals surface area contributed by atoms with Gasteiger partial charge in [0.15, 0.2) is 0 Å². The minimum Gasteiger partial charge on any atom is -0.383 e. The zero-order chi connectivity index (χ0) is 18.7. The quantitative estimate of drug-likeness (QED) is 0.705. The third-order valence-corrected chi connectivity index (χ3v) is 4.05. The predicted octanol–water partition coefficient (Wildman–Crippen LogP) is 2.14. The molecule has 0 spiro atoms. The third kappa shape index (κ3) is 3.50. The standard InChI is InChI=1S/C18H21N5O3/c1-11(2)15-19-18(22-21-15)20-16(24)14-10-23(8-9-26-3)17(25)13-7-5-4-6-12(13)14/h4-7,10-11H,8-9H2,1-3H3,(H2,19,20,21,22,24). The molecule has 1 amide bonds. The molecule has 0 fully saturated rings. The second-order valence-corrected chi connectivity index (χ2v) is 6.23. The number of aromatic amines is 1. The molecular formula is C18H21N5O3. The molecule has 26 heavy (non-hydrogen) atoms. The Morgan fingerprint density at radius 3 is 2.69 bits per heavy atom. The van der Waals surface area contributed by atoms with Gasteiger partial charge in [0.1, 0.15) is 5.82 Å². The van der Waals surface area contributed by atoms with Gasteiger partial charge in [0.05, 0.1) is 12.2 Å². The van der Waals surface area contributed by atoms with E-state index < -0.39 is 0 Å². The molecule has 3 rings (SSSR count). The molecule has 8 heteroatoms. The van der Waals surface area contributed by atoms with E-state index >= 15 is 0 Å². The number of methoxy groups -OCH3 is 1. The number of H-pyrrole nitrogens is 1. The largest absolute Gasteiger partial charge is 0.383 e. The molecule has 2 N–H and O–H groups in total. The molecule has 0 atom stereocenters. The van der Waals surface area contributed by atoms with Crippen LogP contribution in [-0.4, -0.2) is 39.4 Å². The fraction of sp³-hybridized carbons (Fsp3) is 0.333. The second-order valence-electron chi connectivity index (χ2n) is 6.23. The molecule has 0 unspecified atom stereocenters. The monoisotopic (exact) mass is 355 g/mol. The lowest BCUT2D eigenvalue weighted by atomic mass is 10.1. The van der Waals surface area contributed by atoms with E-state index in [4.69, 9.17) is 4.74 Å². The first-order valence-corrected chi connectivity index (χ1v) is 8.36. The molecule has 0 aliphatic heterocycles. The Morgan fingerprint density at radius 2 is 2.04 bits per heavy atom. The third-order valence-electron chi connectivity index (χ3n) is 4.05. The first-order valence-electron chi connectivity index (χ1n) is 8.36. The average Bonchev–Trinajstić information content (AvgIpc) is 3.10. The Morgan fingerprint density at radius 1 is 1.31 bits per heavy atom. The molecule has 0 radical (unpaired) electrons. The molecule has 2 heterocycles. The number of benzene rings is 1. The van der Waals surface area contributed by atoms with Crippen LogP contribution in [0.5, 0.6) is 0 Å². The molecule has 2 aromatic heterocycles. The van der Waals surface area contributed by atoms with Crippen molar-refractivity contribution in [3.63, 3.8) is 0 Å². The lowest BCUT2D eigenvalue weighted by Gasteiger charge is -2.11. The Hall–Kier alpha value is -3.00. The van der Waals surface area contributed by atoms with Crippen LogP contribution >= 0.6 is 0 Å². The number of carbonyl (C=O) groups excluding carboxylic acids is 1. The Balaban J connectivity index is 2.00.